The van der Waals surface area contributed by atoms with E-state index in [0.717, 1.165) is 27.8 Å². The van der Waals surface area contributed by atoms with Crippen LogP contribution in [0.15, 0.2) is 101 Å². The van der Waals surface area contributed by atoms with Gasteiger partial charge < -0.3 is 24.6 Å². The van der Waals surface area contributed by atoms with Crippen molar-refractivity contribution in [2.45, 2.75) is 36.9 Å². The number of nitrogens with one attached hydrogen (secondary N) is 2. The van der Waals surface area contributed by atoms with Gasteiger partial charge in [-0.25, -0.2) is 32.1 Å². The van der Waals surface area contributed by atoms with E-state index >= 15 is 0 Å². The summed E-state index contributed by atoms with van der Waals surface area (Å²) in [7, 11) is 1.85. The Balaban J connectivity index is 0.000000559. The first kappa shape index (κ1) is 42.9. The minimum absolute atomic E-state index is 0.0610. The highest BCUT2D eigenvalue weighted by Crippen LogP contribution is 2.32. The number of halogens is 3. The van der Waals surface area contributed by atoms with Crippen molar-refractivity contribution in [2.75, 3.05) is 47.3 Å². The highest BCUT2D eigenvalue weighted by Gasteiger charge is 2.33. The summed E-state index contributed by atoms with van der Waals surface area (Å²) in [6, 6.07) is 20.4. The summed E-state index contributed by atoms with van der Waals surface area (Å²) in [5, 5.41) is 19.4. The van der Waals surface area contributed by atoms with Gasteiger partial charge in [-0.3, -0.25) is 4.57 Å². The molecule has 15 nitrogen and oxygen atoms in total. The van der Waals surface area contributed by atoms with Gasteiger partial charge in [-0.2, -0.15) is 23.5 Å². The third-order valence-corrected chi connectivity index (χ3v) is 10.1. The van der Waals surface area contributed by atoms with E-state index in [-0.39, 0.29) is 34.0 Å². The molecule has 2 N–H and O–H groups in total. The smallest absolute Gasteiger partial charge is 0.416 e. The minimum Gasteiger partial charge on any atom is -0.744 e. The summed E-state index contributed by atoms with van der Waals surface area (Å²) in [6.45, 7) is 3.61. The van der Waals surface area contributed by atoms with E-state index in [1.165, 1.54) is 47.3 Å². The molecule has 1 fully saturated rings. The van der Waals surface area contributed by atoms with Crippen molar-refractivity contribution in [2.24, 2.45) is 0 Å². The van der Waals surface area contributed by atoms with Crippen LogP contribution in [-0.4, -0.2) is 107 Å². The molecule has 306 valence electrons. The number of rotatable bonds is 8. The molecule has 0 radical (unpaired) electrons. The number of aromatic nitrogens is 4. The van der Waals surface area contributed by atoms with E-state index in [0.29, 0.717) is 53.9 Å². The summed E-state index contributed by atoms with van der Waals surface area (Å²) in [5.41, 5.74) is -0.238. The molecule has 0 saturated carbocycles. The van der Waals surface area contributed by atoms with Gasteiger partial charge in [0, 0.05) is 19.1 Å². The molecule has 58 heavy (non-hydrogen) atoms. The van der Waals surface area contributed by atoms with Gasteiger partial charge in [0.05, 0.1) is 85.3 Å². The van der Waals surface area contributed by atoms with Crippen LogP contribution in [0.2, 0.25) is 0 Å². The molecule has 3 aromatic carbocycles. The summed E-state index contributed by atoms with van der Waals surface area (Å²) < 4.78 is 75.9. The van der Waals surface area contributed by atoms with E-state index in [2.05, 4.69) is 15.7 Å². The van der Waals surface area contributed by atoms with Crippen LogP contribution in [-0.2, 0) is 16.3 Å². The first-order chi connectivity index (χ1) is 27.3. The lowest BCUT2D eigenvalue weighted by Gasteiger charge is -2.32. The zero-order chi connectivity index (χ0) is 42.4. The Morgan fingerprint density at radius 1 is 0.948 bits per heavy atom. The molecule has 1 aliphatic heterocycles. The van der Waals surface area contributed by atoms with Crippen molar-refractivity contribution in [3.05, 3.63) is 118 Å². The second kappa shape index (κ2) is 17.5. The quantitative estimate of drug-likeness (QED) is 0.166. The number of quaternary nitrogens is 1. The molecule has 3 heterocycles. The molecule has 1 saturated heterocycles. The number of benzene rings is 3. The fraction of sp³-hybridized carbons (Fsp3) is 0.308. The van der Waals surface area contributed by atoms with Crippen molar-refractivity contribution in [1.82, 2.24) is 34.4 Å². The molecular formula is C39H42F3N9O6S. The Kier molecular flexibility index (Phi) is 12.9. The number of carbonyl (C=O) groups excluding carboxylic acids is 2. The fourth-order valence-corrected chi connectivity index (χ4v) is 6.74. The number of hydrogen-bond donors (Lipinski definition) is 2. The molecule has 19 heteroatoms. The highest BCUT2D eigenvalue weighted by molar-refractivity contribution is 7.85. The van der Waals surface area contributed by atoms with Crippen LogP contribution in [0.3, 0.4) is 0 Å². The van der Waals surface area contributed by atoms with Crippen LogP contribution < -0.4 is 16.3 Å². The number of hydrogen-bond acceptors (Lipinski definition) is 8. The number of likely N-dealkylation sites (tertiary alicyclic amines) is 1. The predicted molar refractivity (Wildman–Crippen MR) is 206 cm³/mol. The van der Waals surface area contributed by atoms with E-state index < -0.39 is 33.6 Å². The van der Waals surface area contributed by atoms with E-state index in [1.807, 2.05) is 27.2 Å². The van der Waals surface area contributed by atoms with Crippen LogP contribution in [0.1, 0.15) is 29.7 Å². The summed E-state index contributed by atoms with van der Waals surface area (Å²) in [6.07, 6.45) is -2.30. The number of nitriles is 1. The van der Waals surface area contributed by atoms with Gasteiger partial charge in [-0.05, 0) is 80.4 Å². The van der Waals surface area contributed by atoms with E-state index in [4.69, 9.17) is 0 Å². The lowest BCUT2D eigenvalue weighted by Crippen LogP contribution is -2.52. The monoisotopic (exact) mass is 821 g/mol. The predicted octanol–water partition coefficient (Wildman–Crippen LogP) is 4.72. The molecule has 2 aromatic heterocycles. The number of urea groups is 1. The number of nitrogens with zero attached hydrogens (tertiary/aromatic N) is 7. The maximum Gasteiger partial charge on any atom is 0.416 e. The molecule has 5 aromatic rings. The zero-order valence-electron chi connectivity index (χ0n) is 32.1. The molecule has 0 spiro atoms. The maximum absolute atomic E-state index is 14.0. The molecular weight excluding hydrogens is 780 g/mol. The highest BCUT2D eigenvalue weighted by atomic mass is 32.2. The third kappa shape index (κ3) is 10.4. The molecule has 3 amide bonds. The second-order valence-corrected chi connectivity index (χ2v) is 15.8. The topological polar surface area (TPSA) is 187 Å². The summed E-state index contributed by atoms with van der Waals surface area (Å²) >= 11 is 0. The Morgan fingerprint density at radius 3 is 2.17 bits per heavy atom. The zero-order valence-corrected chi connectivity index (χ0v) is 32.9. The Morgan fingerprint density at radius 2 is 1.60 bits per heavy atom. The van der Waals surface area contributed by atoms with E-state index in [1.54, 1.807) is 48.2 Å². The van der Waals surface area contributed by atoms with Crippen molar-refractivity contribution >= 4 is 22.2 Å². The van der Waals surface area contributed by atoms with Crippen molar-refractivity contribution in [1.29, 1.82) is 5.26 Å². The summed E-state index contributed by atoms with van der Waals surface area (Å²) in [5.74, 6) is 0. The first-order valence-corrected chi connectivity index (χ1v) is 19.4. The molecule has 0 aliphatic carbocycles. The number of amides is 3. The lowest BCUT2D eigenvalue weighted by atomic mass is 10.1. The largest absolute Gasteiger partial charge is 0.744 e. The van der Waals surface area contributed by atoms with Crippen molar-refractivity contribution < 1.29 is 40.2 Å². The molecule has 1 aliphatic rings. The third-order valence-electron chi connectivity index (χ3n) is 9.25. The lowest BCUT2D eigenvalue weighted by molar-refractivity contribution is -0.869. The summed E-state index contributed by atoms with van der Waals surface area (Å²) in [4.78, 5) is 42.2. The van der Waals surface area contributed by atoms with Crippen molar-refractivity contribution in [3.63, 3.8) is 0 Å². The number of carbonyl (C=O) groups is 2. The number of alkyl halides is 3. The fourth-order valence-electron chi connectivity index (χ4n) is 6.25. The average molecular weight is 822 g/mol. The van der Waals surface area contributed by atoms with Gasteiger partial charge in [0.2, 0.25) is 0 Å². The standard InChI is InChI=1S/C33H36F3N9O3.C6H6O3S/c1-22-29(28-12-15-39-44(28)26-10-8-23(21-37)9-11-26)43(32(48)42(22)27-7-5-6-24(20-27)33(34,35)36)31(47)40-25-13-17-41(18-14-25)30(46)38-16-19-45(2,3)4;7-10(8,9)6-4-2-1-3-5-6/h5-12,15,20,25H,13-14,16-19H2,1-4H3,(H-,38,40,46,47);1-5H,(H,7,8,9). The van der Waals surface area contributed by atoms with Gasteiger partial charge in [-0.1, -0.05) is 24.3 Å². The van der Waals surface area contributed by atoms with Crippen LogP contribution in [0, 0.1) is 18.3 Å². The van der Waals surface area contributed by atoms with E-state index in [9.17, 15) is 45.8 Å². The molecule has 0 atom stereocenters. The normalized spacial score (nSPS) is 13.6. The molecule has 6 rings (SSSR count). The van der Waals surface area contributed by atoms with Crippen LogP contribution in [0.4, 0.5) is 22.8 Å². The Labute approximate surface area is 332 Å². The number of likely N-dealkylation sites (N-methyl/N-ethyl adjacent to an activating group) is 1. The molecule has 0 bridgehead atoms. The second-order valence-electron chi connectivity index (χ2n) is 14.4. The van der Waals surface area contributed by atoms with Crippen molar-refractivity contribution in [3.8, 4) is 28.8 Å². The first-order valence-electron chi connectivity index (χ1n) is 18.0. The SMILES string of the molecule is Cc1c(-c2ccnn2-c2ccc(C#N)cc2)n(C(=O)NC2CCN(C(=O)NCC[N+](C)(C)C)CC2)c(=O)n1-c1cccc(C(F)(F)F)c1.O=S(=O)([O-])c1ccccc1. The van der Waals surface area contributed by atoms with Crippen LogP contribution in [0.25, 0.3) is 22.8 Å². The van der Waals surface area contributed by atoms with Gasteiger partial charge >= 0.3 is 23.9 Å². The van der Waals surface area contributed by atoms with Gasteiger partial charge in [0.1, 0.15) is 15.8 Å². The van der Waals surface area contributed by atoms with Gasteiger partial charge in [0.15, 0.2) is 0 Å². The minimum atomic E-state index is -4.65. The Bertz CT molecular complexity index is 2460. The number of imidazole rings is 1. The average Bonchev–Trinajstić information content (AvgIpc) is 3.76. The van der Waals surface area contributed by atoms with Gasteiger partial charge in [-0.15, -0.1) is 0 Å². The maximum atomic E-state index is 14.0. The Hall–Kier alpha value is -6.23. The van der Waals surface area contributed by atoms with Crippen LogP contribution >= 0.6 is 0 Å². The van der Waals surface area contributed by atoms with Crippen LogP contribution in [0.5, 0.6) is 0 Å². The molecule has 0 unspecified atom stereocenters. The number of piperidine rings is 1. The van der Waals surface area contributed by atoms with Gasteiger partial charge in [0.25, 0.3) is 0 Å².